The smallest absolute Gasteiger partial charge is 0.126 e. The molecule has 6 heteroatoms. The minimum absolute atomic E-state index is 0.352. The van der Waals surface area contributed by atoms with Crippen LogP contribution < -0.4 is 18.9 Å². The van der Waals surface area contributed by atoms with E-state index in [1.807, 2.05) is 57.2 Å². The molecule has 0 bridgehead atoms. The Morgan fingerprint density at radius 2 is 0.964 bits per heavy atom. The largest absolute Gasteiger partial charge is 0.496 e. The minimum Gasteiger partial charge on any atom is -0.496 e. The third-order valence-corrected chi connectivity index (χ3v) is 9.21. The van der Waals surface area contributed by atoms with Crippen LogP contribution in [0.3, 0.4) is 0 Å². The van der Waals surface area contributed by atoms with E-state index in [2.05, 4.69) is 0 Å². The third-order valence-electron chi connectivity index (χ3n) is 5.11. The quantitative estimate of drug-likeness (QED) is 0.536. The van der Waals surface area contributed by atoms with Gasteiger partial charge in [-0.15, -0.1) is 0 Å². The van der Waals surface area contributed by atoms with E-state index in [9.17, 15) is 4.57 Å². The van der Waals surface area contributed by atoms with Crippen LogP contribution >= 0.6 is 7.14 Å². The number of hydrogen-bond acceptors (Lipinski definition) is 5. The molecule has 0 aromatic heterocycles. The van der Waals surface area contributed by atoms with Crippen molar-refractivity contribution in [2.75, 3.05) is 28.4 Å². The van der Waals surface area contributed by atoms with Crippen molar-refractivity contribution in [1.82, 2.24) is 0 Å². The molecule has 0 radical (unpaired) electrons. The summed E-state index contributed by atoms with van der Waals surface area (Å²) in [5.41, 5.74) is 1.64. The average Bonchev–Trinajstić information content (AvgIpc) is 2.67. The summed E-state index contributed by atoms with van der Waals surface area (Å²) in [6, 6.07) is 11.2. The lowest BCUT2D eigenvalue weighted by molar-refractivity contribution is 0.386. The molecule has 0 amide bonds. The second kappa shape index (κ2) is 8.91. The number of benzene rings is 2. The van der Waals surface area contributed by atoms with Crippen LogP contribution in [0, 0.1) is 0 Å². The second-order valence-electron chi connectivity index (χ2n) is 7.66. The first-order valence-corrected chi connectivity index (χ1v) is 11.3. The SMILES string of the molecule is COc1cccc(OC)c1CP(=O)(Cc1c(OC)cccc1OC)C(C)(C)C. The standard InChI is InChI=1S/C22H31O5P/c1-22(2,3)28(23,14-16-18(24-4)10-8-11-19(16)25-5)15-17-20(26-6)12-9-13-21(17)27-7/h8-13H,14-15H2,1-7H3. The van der Waals surface area contributed by atoms with Gasteiger partial charge in [0.1, 0.15) is 30.1 Å². The van der Waals surface area contributed by atoms with Gasteiger partial charge in [-0.1, -0.05) is 32.9 Å². The molecule has 0 N–H and O–H groups in total. The van der Waals surface area contributed by atoms with Gasteiger partial charge in [-0.25, -0.2) is 0 Å². The molecular formula is C22H31O5P. The molecule has 0 aliphatic rings. The molecule has 5 nitrogen and oxygen atoms in total. The van der Waals surface area contributed by atoms with Gasteiger partial charge in [-0.05, 0) is 24.3 Å². The van der Waals surface area contributed by atoms with Crippen molar-refractivity contribution in [3.63, 3.8) is 0 Å². The maximum atomic E-state index is 14.4. The van der Waals surface area contributed by atoms with Gasteiger partial charge in [0.05, 0.1) is 28.4 Å². The molecule has 2 aromatic carbocycles. The van der Waals surface area contributed by atoms with Crippen LogP contribution in [0.25, 0.3) is 0 Å². The lowest BCUT2D eigenvalue weighted by Crippen LogP contribution is -2.19. The van der Waals surface area contributed by atoms with Crippen molar-refractivity contribution < 1.29 is 23.5 Å². The topological polar surface area (TPSA) is 54.0 Å². The second-order valence-corrected chi connectivity index (χ2v) is 11.4. The summed E-state index contributed by atoms with van der Waals surface area (Å²) in [6.07, 6.45) is 0.704. The molecule has 0 spiro atoms. The number of hydrogen-bond donors (Lipinski definition) is 0. The Hall–Kier alpha value is -2.13. The highest BCUT2D eigenvalue weighted by Crippen LogP contribution is 2.65. The molecule has 0 saturated heterocycles. The maximum Gasteiger partial charge on any atom is 0.126 e. The Balaban J connectivity index is 2.59. The van der Waals surface area contributed by atoms with Gasteiger partial charge in [0.2, 0.25) is 0 Å². The first-order valence-electron chi connectivity index (χ1n) is 9.18. The van der Waals surface area contributed by atoms with Crippen molar-refractivity contribution >= 4 is 7.14 Å². The van der Waals surface area contributed by atoms with Crippen LogP contribution in [-0.2, 0) is 16.9 Å². The van der Waals surface area contributed by atoms with E-state index in [0.29, 0.717) is 35.3 Å². The van der Waals surface area contributed by atoms with Gasteiger partial charge in [-0.2, -0.15) is 0 Å². The fraction of sp³-hybridized carbons (Fsp3) is 0.455. The molecule has 0 saturated carbocycles. The van der Waals surface area contributed by atoms with E-state index in [4.69, 9.17) is 18.9 Å². The molecule has 28 heavy (non-hydrogen) atoms. The highest BCUT2D eigenvalue weighted by atomic mass is 31.2. The van der Waals surface area contributed by atoms with E-state index in [1.165, 1.54) is 0 Å². The molecule has 0 atom stereocenters. The number of ether oxygens (including phenoxy) is 4. The van der Waals surface area contributed by atoms with Crippen molar-refractivity contribution in [3.05, 3.63) is 47.5 Å². The summed E-state index contributed by atoms with van der Waals surface area (Å²) in [5.74, 6) is 2.71. The molecule has 0 fully saturated rings. The number of methoxy groups -OCH3 is 4. The molecule has 0 unspecified atom stereocenters. The Bertz CT molecular complexity index is 748. The summed E-state index contributed by atoms with van der Waals surface area (Å²) < 4.78 is 36.6. The van der Waals surface area contributed by atoms with Crippen molar-refractivity contribution in [2.45, 2.75) is 38.3 Å². The zero-order chi connectivity index (χ0) is 20.9. The molecule has 2 rings (SSSR count). The Labute approximate surface area is 168 Å². The molecule has 0 aliphatic heterocycles. The van der Waals surface area contributed by atoms with E-state index >= 15 is 0 Å². The third kappa shape index (κ3) is 4.47. The van der Waals surface area contributed by atoms with Gasteiger partial charge < -0.3 is 23.5 Å². The van der Waals surface area contributed by atoms with E-state index in [0.717, 1.165) is 11.1 Å². The van der Waals surface area contributed by atoms with Crippen LogP contribution in [0.4, 0.5) is 0 Å². The lowest BCUT2D eigenvalue weighted by atomic mass is 10.2. The van der Waals surface area contributed by atoms with Gasteiger partial charge in [0.15, 0.2) is 0 Å². The monoisotopic (exact) mass is 406 g/mol. The van der Waals surface area contributed by atoms with Crippen LogP contribution in [0.5, 0.6) is 23.0 Å². The zero-order valence-electron chi connectivity index (χ0n) is 17.9. The predicted octanol–water partition coefficient (Wildman–Crippen LogP) is 5.58. The molecular weight excluding hydrogens is 375 g/mol. The summed E-state index contributed by atoms with van der Waals surface area (Å²) in [7, 11) is 3.63. The Kier molecular flexibility index (Phi) is 7.06. The summed E-state index contributed by atoms with van der Waals surface area (Å²) in [4.78, 5) is 0. The fourth-order valence-electron chi connectivity index (χ4n) is 3.21. The maximum absolute atomic E-state index is 14.4. The summed E-state index contributed by atoms with van der Waals surface area (Å²) in [5, 5.41) is -0.440. The Morgan fingerprint density at radius 1 is 0.679 bits per heavy atom. The van der Waals surface area contributed by atoms with Crippen LogP contribution in [0.2, 0.25) is 0 Å². The molecule has 0 heterocycles. The van der Waals surface area contributed by atoms with Crippen molar-refractivity contribution in [1.29, 1.82) is 0 Å². The van der Waals surface area contributed by atoms with Crippen LogP contribution in [0.15, 0.2) is 36.4 Å². The van der Waals surface area contributed by atoms with E-state index in [1.54, 1.807) is 28.4 Å². The van der Waals surface area contributed by atoms with Crippen LogP contribution in [-0.4, -0.2) is 33.6 Å². The van der Waals surface area contributed by atoms with Crippen molar-refractivity contribution in [3.8, 4) is 23.0 Å². The van der Waals surface area contributed by atoms with Gasteiger partial charge >= 0.3 is 0 Å². The average molecular weight is 406 g/mol. The minimum atomic E-state index is -2.83. The van der Waals surface area contributed by atoms with E-state index < -0.39 is 12.3 Å². The normalized spacial score (nSPS) is 11.8. The Morgan fingerprint density at radius 3 is 1.18 bits per heavy atom. The first kappa shape index (κ1) is 22.2. The van der Waals surface area contributed by atoms with Crippen molar-refractivity contribution in [2.24, 2.45) is 0 Å². The highest BCUT2D eigenvalue weighted by Gasteiger charge is 2.39. The van der Waals surface area contributed by atoms with Gasteiger partial charge in [-0.3, -0.25) is 0 Å². The summed E-state index contributed by atoms with van der Waals surface area (Å²) in [6.45, 7) is 6.03. The number of rotatable bonds is 8. The van der Waals surface area contributed by atoms with Crippen LogP contribution in [0.1, 0.15) is 31.9 Å². The predicted molar refractivity (Wildman–Crippen MR) is 114 cm³/mol. The van der Waals surface area contributed by atoms with E-state index in [-0.39, 0.29) is 0 Å². The zero-order valence-corrected chi connectivity index (χ0v) is 18.8. The van der Waals surface area contributed by atoms with Gasteiger partial charge in [0, 0.05) is 28.6 Å². The molecule has 0 aliphatic carbocycles. The molecule has 2 aromatic rings. The lowest BCUT2D eigenvalue weighted by Gasteiger charge is -2.33. The summed E-state index contributed by atoms with van der Waals surface area (Å²) >= 11 is 0. The first-order chi connectivity index (χ1) is 13.2. The molecule has 154 valence electrons. The fourth-order valence-corrected chi connectivity index (χ4v) is 5.91. The van der Waals surface area contributed by atoms with Gasteiger partial charge in [0.25, 0.3) is 0 Å². The highest BCUT2D eigenvalue weighted by molar-refractivity contribution is 7.63.